The lowest BCUT2D eigenvalue weighted by Crippen LogP contribution is -2.38. The molecule has 0 bridgehead atoms. The molecule has 1 atom stereocenters. The minimum absolute atomic E-state index is 0.0202. The lowest BCUT2D eigenvalue weighted by Gasteiger charge is -2.34. The number of ether oxygens (including phenoxy) is 1. The fourth-order valence-corrected chi connectivity index (χ4v) is 2.74. The first-order valence-corrected chi connectivity index (χ1v) is 6.87. The molecule has 0 saturated carbocycles. The van der Waals surface area contributed by atoms with E-state index in [1.165, 1.54) is 5.56 Å². The molecule has 1 unspecified atom stereocenters. The molecule has 1 aliphatic heterocycles. The molecule has 3 rings (SSSR count). The molecule has 0 amide bonds. The molecule has 2 heterocycles. The van der Waals surface area contributed by atoms with Crippen molar-refractivity contribution in [3.05, 3.63) is 58.9 Å². The highest BCUT2D eigenvalue weighted by Crippen LogP contribution is 2.33. The van der Waals surface area contributed by atoms with Gasteiger partial charge in [-0.15, -0.1) is 0 Å². The molecule has 1 aliphatic rings. The third kappa shape index (κ3) is 2.63. The van der Waals surface area contributed by atoms with E-state index in [2.05, 4.69) is 21.5 Å². The van der Waals surface area contributed by atoms with Gasteiger partial charge in [0.25, 0.3) is 0 Å². The highest BCUT2D eigenvalue weighted by Gasteiger charge is 2.26. The summed E-state index contributed by atoms with van der Waals surface area (Å²) in [5.74, 6) is 0. The van der Waals surface area contributed by atoms with Gasteiger partial charge in [0.1, 0.15) is 0 Å². The van der Waals surface area contributed by atoms with E-state index in [9.17, 15) is 0 Å². The van der Waals surface area contributed by atoms with Crippen LogP contribution in [0.25, 0.3) is 0 Å². The van der Waals surface area contributed by atoms with Crippen LogP contribution >= 0.6 is 11.6 Å². The van der Waals surface area contributed by atoms with Gasteiger partial charge in [-0.3, -0.25) is 4.98 Å². The highest BCUT2D eigenvalue weighted by molar-refractivity contribution is 6.31. The van der Waals surface area contributed by atoms with E-state index in [4.69, 9.17) is 16.3 Å². The Morgan fingerprint density at radius 1 is 1.30 bits per heavy atom. The van der Waals surface area contributed by atoms with E-state index >= 15 is 0 Å². The average Bonchev–Trinajstić information content (AvgIpc) is 2.48. The molecule has 0 saturated heterocycles. The minimum Gasteiger partial charge on any atom is -0.375 e. The maximum Gasteiger partial charge on any atom is 0.0970 e. The van der Waals surface area contributed by atoms with Crippen molar-refractivity contribution >= 4 is 17.3 Å². The number of methoxy groups -OCH3 is 1. The van der Waals surface area contributed by atoms with Crippen LogP contribution in [0.1, 0.15) is 17.2 Å². The maximum absolute atomic E-state index is 6.31. The Hall–Kier alpha value is -1.62. The molecule has 0 fully saturated rings. The predicted molar refractivity (Wildman–Crippen MR) is 79.5 cm³/mol. The Morgan fingerprint density at radius 2 is 2.10 bits per heavy atom. The second-order valence-corrected chi connectivity index (χ2v) is 5.17. The average molecular weight is 290 g/mol. The minimum atomic E-state index is 0.0202. The smallest absolute Gasteiger partial charge is 0.0970 e. The van der Waals surface area contributed by atoms with Gasteiger partial charge < -0.3 is 10.2 Å². The van der Waals surface area contributed by atoms with Gasteiger partial charge in [-0.05, 0) is 29.3 Å². The quantitative estimate of drug-likeness (QED) is 0.941. The first-order chi connectivity index (χ1) is 9.78. The number of rotatable bonds is 3. The van der Waals surface area contributed by atoms with Crippen LogP contribution in [0.15, 0.2) is 42.7 Å². The molecular weight excluding hydrogens is 274 g/mol. The van der Waals surface area contributed by atoms with Gasteiger partial charge in [-0.2, -0.15) is 0 Å². The van der Waals surface area contributed by atoms with Crippen molar-refractivity contribution in [1.82, 2.24) is 9.99 Å². The number of pyridine rings is 1. The van der Waals surface area contributed by atoms with Crippen molar-refractivity contribution < 1.29 is 4.74 Å². The third-order valence-electron chi connectivity index (χ3n) is 3.49. The van der Waals surface area contributed by atoms with E-state index in [1.54, 1.807) is 19.5 Å². The summed E-state index contributed by atoms with van der Waals surface area (Å²) in [7, 11) is 1.73. The summed E-state index contributed by atoms with van der Waals surface area (Å²) >= 11 is 6.31. The van der Waals surface area contributed by atoms with Crippen LogP contribution in [0.4, 0.5) is 5.69 Å². The summed E-state index contributed by atoms with van der Waals surface area (Å²) in [6.45, 7) is 1.52. The van der Waals surface area contributed by atoms with Crippen LogP contribution in [0.2, 0.25) is 5.02 Å². The van der Waals surface area contributed by atoms with E-state index in [0.717, 1.165) is 29.4 Å². The molecule has 0 radical (unpaired) electrons. The third-order valence-corrected chi connectivity index (χ3v) is 3.84. The second-order valence-electron chi connectivity index (χ2n) is 4.76. The second kappa shape index (κ2) is 5.79. The largest absolute Gasteiger partial charge is 0.375 e. The van der Waals surface area contributed by atoms with Crippen LogP contribution in [0, 0.1) is 0 Å². The van der Waals surface area contributed by atoms with Crippen molar-refractivity contribution in [2.24, 2.45) is 0 Å². The number of hydrogen-bond donors (Lipinski definition) is 1. The number of fused-ring (bicyclic) bond motifs is 1. The zero-order valence-electron chi connectivity index (χ0n) is 11.2. The summed E-state index contributed by atoms with van der Waals surface area (Å²) < 4.78 is 5.59. The Morgan fingerprint density at radius 3 is 2.85 bits per heavy atom. The standard InChI is InChI=1S/C15H16ClN3O/c1-20-15-10-19(18-11-5-7-17-8-6-11)9-13-12(15)3-2-4-14(13)16/h2-8,15H,9-10H2,1H3,(H,17,18). The SMILES string of the molecule is COC1CN(Nc2ccncc2)Cc2c(Cl)cccc21. The summed E-state index contributed by atoms with van der Waals surface area (Å²) in [5.41, 5.74) is 6.67. The van der Waals surface area contributed by atoms with E-state index < -0.39 is 0 Å². The van der Waals surface area contributed by atoms with Gasteiger partial charge in [-0.25, -0.2) is 5.01 Å². The molecule has 2 aromatic rings. The first-order valence-electron chi connectivity index (χ1n) is 6.49. The number of halogens is 1. The Kier molecular flexibility index (Phi) is 3.87. The predicted octanol–water partition coefficient (Wildman–Crippen LogP) is 3.27. The number of anilines is 1. The molecule has 0 aliphatic carbocycles. The molecule has 0 spiro atoms. The molecule has 1 N–H and O–H groups in total. The van der Waals surface area contributed by atoms with E-state index in [1.807, 2.05) is 24.3 Å². The molecule has 20 heavy (non-hydrogen) atoms. The number of benzene rings is 1. The monoisotopic (exact) mass is 289 g/mol. The van der Waals surface area contributed by atoms with Crippen LogP contribution in [-0.4, -0.2) is 23.6 Å². The fourth-order valence-electron chi connectivity index (χ4n) is 2.49. The summed E-state index contributed by atoms with van der Waals surface area (Å²) in [6, 6.07) is 9.84. The summed E-state index contributed by atoms with van der Waals surface area (Å²) in [4.78, 5) is 4.02. The number of nitrogens with one attached hydrogen (secondary N) is 1. The van der Waals surface area contributed by atoms with Crippen molar-refractivity contribution in [3.63, 3.8) is 0 Å². The molecule has 1 aromatic carbocycles. The van der Waals surface area contributed by atoms with Gasteiger partial charge in [0.2, 0.25) is 0 Å². The molecule has 5 heteroatoms. The molecular formula is C15H16ClN3O. The molecule has 104 valence electrons. The van der Waals surface area contributed by atoms with Crippen molar-refractivity contribution in [2.45, 2.75) is 12.6 Å². The van der Waals surface area contributed by atoms with E-state index in [0.29, 0.717) is 0 Å². The highest BCUT2D eigenvalue weighted by atomic mass is 35.5. The Bertz CT molecular complexity index is 591. The zero-order valence-corrected chi connectivity index (χ0v) is 12.0. The van der Waals surface area contributed by atoms with Gasteiger partial charge in [0.15, 0.2) is 0 Å². The number of aromatic nitrogens is 1. The lowest BCUT2D eigenvalue weighted by molar-refractivity contribution is 0.0573. The lowest BCUT2D eigenvalue weighted by atomic mass is 9.98. The van der Waals surface area contributed by atoms with Crippen LogP contribution < -0.4 is 5.43 Å². The van der Waals surface area contributed by atoms with E-state index in [-0.39, 0.29) is 6.10 Å². The maximum atomic E-state index is 6.31. The van der Waals surface area contributed by atoms with Crippen molar-refractivity contribution in [2.75, 3.05) is 19.1 Å². The van der Waals surface area contributed by atoms with Crippen molar-refractivity contribution in [1.29, 1.82) is 0 Å². The van der Waals surface area contributed by atoms with Gasteiger partial charge >= 0.3 is 0 Å². The van der Waals surface area contributed by atoms with Crippen molar-refractivity contribution in [3.8, 4) is 0 Å². The van der Waals surface area contributed by atoms with Crippen LogP contribution in [-0.2, 0) is 11.3 Å². The van der Waals surface area contributed by atoms with Crippen LogP contribution in [0.5, 0.6) is 0 Å². The van der Waals surface area contributed by atoms with Gasteiger partial charge in [-0.1, -0.05) is 23.7 Å². The molecule has 4 nitrogen and oxygen atoms in total. The fraction of sp³-hybridized carbons (Fsp3) is 0.267. The summed E-state index contributed by atoms with van der Waals surface area (Å²) in [6.07, 6.45) is 3.55. The normalized spacial score (nSPS) is 18.6. The number of nitrogens with zero attached hydrogens (tertiary/aromatic N) is 2. The van der Waals surface area contributed by atoms with Gasteiger partial charge in [0, 0.05) is 37.6 Å². The number of hydrazine groups is 1. The first kappa shape index (κ1) is 13.4. The topological polar surface area (TPSA) is 37.4 Å². The molecule has 1 aromatic heterocycles. The Labute approximate surface area is 123 Å². The summed E-state index contributed by atoms with van der Waals surface area (Å²) in [5, 5.41) is 2.89. The number of hydrogen-bond acceptors (Lipinski definition) is 4. The van der Waals surface area contributed by atoms with Crippen LogP contribution in [0.3, 0.4) is 0 Å². The Balaban J connectivity index is 1.85. The van der Waals surface area contributed by atoms with Gasteiger partial charge in [0.05, 0.1) is 11.8 Å². The zero-order chi connectivity index (χ0) is 13.9.